The van der Waals surface area contributed by atoms with E-state index in [9.17, 15) is 0 Å². The van der Waals surface area contributed by atoms with Crippen LogP contribution in [0.3, 0.4) is 0 Å². The second-order valence-electron chi connectivity index (χ2n) is 31.0. The number of anilines is 6. The number of rotatable bonds is 11. The molecule has 8 aromatic heterocycles. The van der Waals surface area contributed by atoms with Gasteiger partial charge in [0.05, 0.1) is 71.9 Å². The average molecular weight is 1450 g/mol. The van der Waals surface area contributed by atoms with Gasteiger partial charge < -0.3 is 27.4 Å². The second-order valence-corrected chi connectivity index (χ2v) is 31.0. The summed E-state index contributed by atoms with van der Waals surface area (Å²) in [6.07, 6.45) is 0. The van der Waals surface area contributed by atoms with Crippen molar-refractivity contribution in [3.8, 4) is 55.6 Å². The molecule has 8 heterocycles. The summed E-state index contributed by atoms with van der Waals surface area (Å²) in [5.74, 6) is 0. The topological polar surface area (TPSA) is 24.1 Å². The van der Waals surface area contributed by atoms with E-state index in [1.807, 2.05) is 0 Å². The summed E-state index contributed by atoms with van der Waals surface area (Å²) in [6.45, 7) is 0. The molecule has 0 atom stereocenters. The molecule has 0 aliphatic rings. The normalized spacial score (nSPS) is 12.4. The highest BCUT2D eigenvalue weighted by atomic mass is 15.2. The molecule has 6 heteroatoms. The highest BCUT2D eigenvalue weighted by molar-refractivity contribution is 6.41. The van der Waals surface area contributed by atoms with Crippen LogP contribution in [0.5, 0.6) is 0 Å². The molecule has 6 nitrogen and oxygen atoms in total. The number of aromatic nitrogens is 4. The summed E-state index contributed by atoms with van der Waals surface area (Å²) >= 11 is 0. The third-order valence-corrected chi connectivity index (χ3v) is 25.1. The first kappa shape index (κ1) is 61.6. The molecule has 26 aromatic rings. The van der Waals surface area contributed by atoms with Gasteiger partial charge >= 0.3 is 0 Å². The van der Waals surface area contributed by atoms with Crippen molar-refractivity contribution in [2.75, 3.05) is 9.80 Å². The van der Waals surface area contributed by atoms with E-state index in [1.54, 1.807) is 0 Å². The van der Waals surface area contributed by atoms with Crippen molar-refractivity contribution in [3.63, 3.8) is 0 Å². The molecular weight excluding hydrogens is 1380 g/mol. The molecule has 0 N–H and O–H groups in total. The van der Waals surface area contributed by atoms with Crippen molar-refractivity contribution >= 4 is 187 Å². The van der Waals surface area contributed by atoms with Crippen LogP contribution in [0.25, 0.3) is 208 Å². The predicted molar refractivity (Wildman–Crippen MR) is 482 cm³/mol. The van der Waals surface area contributed by atoms with E-state index in [0.29, 0.717) is 0 Å². The molecule has 526 valence electrons. The molecule has 0 saturated carbocycles. The van der Waals surface area contributed by atoms with Gasteiger partial charge in [0.25, 0.3) is 0 Å². The number of hydrogen-bond acceptors (Lipinski definition) is 2. The lowest BCUT2D eigenvalue weighted by atomic mass is 9.93. The molecule has 0 aliphatic heterocycles. The molecule has 0 radical (unpaired) electrons. The summed E-state index contributed by atoms with van der Waals surface area (Å²) in [5, 5.41) is 19.7. The standard InChI is InChI=1S/C108H64N6/c1-8-27-65(28-9-1)69-47-50-93-83(56-69)85-58-72(67-31-12-3-13-32-67)60-88-99-95(112(93)104(85)88)53-54-96-100(99)90-63-78(62-87-80-44-23-24-45-91(80)111(96)106(87)90)109(74-36-16-5-17-37-74)77-42-26-35-71(55-77)82-64-98-101(89-61-73(68-33-14-4-15-34-68)59-86-84-57-70(66-29-10-2-11-30-66)48-51-94(84)113(98)105(86)89)103-102-97(110(75-38-18-6-19-39-75)76-40-20-7-21-41-76)52-49-81-79-43-22-25-46-92(79)114(107(81)102)108(82)103/h1-64H. The van der Waals surface area contributed by atoms with Crippen molar-refractivity contribution in [1.29, 1.82) is 0 Å². The van der Waals surface area contributed by atoms with Crippen LogP contribution in [0, 0.1) is 0 Å². The fraction of sp³-hybridized carbons (Fsp3) is 0. The molecule has 0 aliphatic carbocycles. The zero-order valence-corrected chi connectivity index (χ0v) is 61.6. The summed E-state index contributed by atoms with van der Waals surface area (Å²) in [6, 6.07) is 146. The first-order valence-corrected chi connectivity index (χ1v) is 39.5. The second kappa shape index (κ2) is 23.2. The maximum Gasteiger partial charge on any atom is 0.0642 e. The number of para-hydroxylation sites is 5. The smallest absolute Gasteiger partial charge is 0.0642 e. The number of benzene rings is 18. The molecular formula is C108H64N6. The van der Waals surface area contributed by atoms with E-state index in [0.717, 1.165) is 50.8 Å². The molecule has 114 heavy (non-hydrogen) atoms. The maximum absolute atomic E-state index is 2.65. The van der Waals surface area contributed by atoms with Gasteiger partial charge in [-0.2, -0.15) is 0 Å². The van der Waals surface area contributed by atoms with Crippen LogP contribution >= 0.6 is 0 Å². The van der Waals surface area contributed by atoms with Crippen molar-refractivity contribution in [2.45, 2.75) is 0 Å². The Labute approximate surface area is 653 Å². The van der Waals surface area contributed by atoms with Gasteiger partial charge in [0, 0.05) is 120 Å². The van der Waals surface area contributed by atoms with Crippen molar-refractivity contribution in [1.82, 2.24) is 17.6 Å². The van der Waals surface area contributed by atoms with Gasteiger partial charge in [-0.05, 0) is 196 Å². The van der Waals surface area contributed by atoms with Gasteiger partial charge in [-0.15, -0.1) is 0 Å². The van der Waals surface area contributed by atoms with E-state index in [4.69, 9.17) is 0 Å². The highest BCUT2D eigenvalue weighted by Crippen LogP contribution is 2.57. The van der Waals surface area contributed by atoms with Crippen LogP contribution in [-0.2, 0) is 0 Å². The molecule has 26 rings (SSSR count). The quantitative estimate of drug-likeness (QED) is 0.129. The summed E-state index contributed by atoms with van der Waals surface area (Å²) in [4.78, 5) is 5.02. The largest absolute Gasteiger partial charge is 0.310 e. The summed E-state index contributed by atoms with van der Waals surface area (Å²) < 4.78 is 10.4. The highest BCUT2D eigenvalue weighted by Gasteiger charge is 2.33. The fourth-order valence-electron chi connectivity index (χ4n) is 20.5. The van der Waals surface area contributed by atoms with Crippen LogP contribution in [0.15, 0.2) is 388 Å². The van der Waals surface area contributed by atoms with Crippen LogP contribution in [0.1, 0.15) is 0 Å². The van der Waals surface area contributed by atoms with Gasteiger partial charge in [-0.3, -0.25) is 0 Å². The zero-order chi connectivity index (χ0) is 74.1. The third-order valence-electron chi connectivity index (χ3n) is 25.1. The molecule has 0 fully saturated rings. The Balaban J connectivity index is 0.779. The lowest BCUT2D eigenvalue weighted by Gasteiger charge is -2.27. The molecule has 0 bridgehead atoms. The summed E-state index contributed by atoms with van der Waals surface area (Å²) in [5.41, 5.74) is 32.6. The Morgan fingerprint density at radius 3 is 1.04 bits per heavy atom. The molecule has 18 aromatic carbocycles. The Morgan fingerprint density at radius 1 is 0.149 bits per heavy atom. The van der Waals surface area contributed by atoms with Gasteiger partial charge in [0.2, 0.25) is 0 Å². The Kier molecular flexibility index (Phi) is 12.5. The van der Waals surface area contributed by atoms with Crippen molar-refractivity contribution in [3.05, 3.63) is 388 Å². The minimum atomic E-state index is 1.05. The third kappa shape index (κ3) is 8.41. The van der Waals surface area contributed by atoms with Gasteiger partial charge in [0.15, 0.2) is 0 Å². The van der Waals surface area contributed by atoms with Crippen LogP contribution in [0.2, 0.25) is 0 Å². The average Bonchev–Trinajstić information content (AvgIpc) is 1.50. The molecule has 0 amide bonds. The van der Waals surface area contributed by atoms with E-state index in [2.05, 4.69) is 416 Å². The number of nitrogens with zero attached hydrogens (tertiary/aromatic N) is 6. The first-order chi connectivity index (χ1) is 56.6. The Bertz CT molecular complexity index is 8400. The molecule has 0 spiro atoms. The van der Waals surface area contributed by atoms with Gasteiger partial charge in [-0.25, -0.2) is 0 Å². The maximum atomic E-state index is 2.65. The Hall–Kier alpha value is -15.2. The predicted octanol–water partition coefficient (Wildman–Crippen LogP) is 29.6. The summed E-state index contributed by atoms with van der Waals surface area (Å²) in [7, 11) is 0. The lowest BCUT2D eigenvalue weighted by molar-refractivity contribution is 1.29. The molecule has 0 saturated heterocycles. The van der Waals surface area contributed by atoms with Gasteiger partial charge in [0.1, 0.15) is 0 Å². The van der Waals surface area contributed by atoms with Crippen LogP contribution in [0.4, 0.5) is 34.1 Å². The minimum absolute atomic E-state index is 1.05. The van der Waals surface area contributed by atoms with Gasteiger partial charge in [-0.1, -0.05) is 243 Å². The van der Waals surface area contributed by atoms with Crippen LogP contribution < -0.4 is 9.80 Å². The fourth-order valence-corrected chi connectivity index (χ4v) is 20.5. The zero-order valence-electron chi connectivity index (χ0n) is 61.6. The van der Waals surface area contributed by atoms with Crippen molar-refractivity contribution in [2.24, 2.45) is 0 Å². The SMILES string of the molecule is c1ccc(-c2ccc3c(c2)c2cc(-c4ccccc4)cc4c5c6c7cc(N(c8ccccc8)c8cccc(-c9cc%10c(c%11cc(-c%12ccccc%12)cc%12c%13cc(-c%14ccccc%14)ccc%13n%10c%12%11)c%10c%11c(N(c%12ccccc%12)c%12ccccc%12)ccc%12c%13ccccc%13n(c9%10)c%12%11)c8)cc8c9ccccc9n(c6ccc5n3c24)c87)cc1. The monoisotopic (exact) mass is 1440 g/mol. The van der Waals surface area contributed by atoms with E-state index < -0.39 is 0 Å². The Morgan fingerprint density at radius 2 is 0.518 bits per heavy atom. The first-order valence-electron chi connectivity index (χ1n) is 39.5. The van der Waals surface area contributed by atoms with Crippen molar-refractivity contribution < 1.29 is 0 Å². The van der Waals surface area contributed by atoms with E-state index >= 15 is 0 Å². The van der Waals surface area contributed by atoms with Crippen LogP contribution in [-0.4, -0.2) is 17.6 Å². The molecule has 0 unspecified atom stereocenters. The number of hydrogen-bond donors (Lipinski definition) is 0. The number of fused-ring (bicyclic) bond motifs is 26. The van der Waals surface area contributed by atoms with E-state index in [1.165, 1.54) is 191 Å². The lowest BCUT2D eigenvalue weighted by Crippen LogP contribution is -2.10. The van der Waals surface area contributed by atoms with E-state index in [-0.39, 0.29) is 0 Å². The minimum Gasteiger partial charge on any atom is -0.310 e.